The third kappa shape index (κ3) is 39.9. The largest absolute Gasteiger partial charge is 0.377 e. The molecule has 1 unspecified atom stereocenters. The minimum Gasteiger partial charge on any atom is -0.377 e. The molecule has 14 nitrogen and oxygen atoms in total. The van der Waals surface area contributed by atoms with Crippen molar-refractivity contribution >= 4 is 23.6 Å². The van der Waals surface area contributed by atoms with Crippen LogP contribution in [0.2, 0.25) is 0 Å². The standard InChI is InChI=1S/C42H84N6O8/c1-3-5-7-9-11-13-15-17-19-22-28-47-56-35-34-55-37-41(51)48-38(42(52)46-29-26-43)24-21-23-27-44-40(50)36-54-33-32-53-31-30-45-39(49)25-20-18-16-14-12-10-8-6-4-2/h38,47H,3-37,43H2,1-2H3,(H,44,50)(H,45,49)(H,46,52)(H,48,51). The molecule has 0 aliphatic heterocycles. The van der Waals surface area contributed by atoms with Gasteiger partial charge >= 0.3 is 0 Å². The summed E-state index contributed by atoms with van der Waals surface area (Å²) >= 11 is 0. The van der Waals surface area contributed by atoms with E-state index < -0.39 is 6.04 Å². The fourth-order valence-electron chi connectivity index (χ4n) is 6.00. The van der Waals surface area contributed by atoms with Crippen LogP contribution in [0.15, 0.2) is 0 Å². The van der Waals surface area contributed by atoms with Crippen LogP contribution in [0, 0.1) is 0 Å². The van der Waals surface area contributed by atoms with Crippen molar-refractivity contribution in [2.45, 2.75) is 168 Å². The summed E-state index contributed by atoms with van der Waals surface area (Å²) in [6.07, 6.45) is 26.1. The number of hydrogen-bond acceptors (Lipinski definition) is 10. The maximum absolute atomic E-state index is 12.6. The number of nitrogens with one attached hydrogen (secondary N) is 5. The third-order valence-electron chi connectivity index (χ3n) is 9.32. The van der Waals surface area contributed by atoms with Gasteiger partial charge in [-0.15, -0.1) is 0 Å². The highest BCUT2D eigenvalue weighted by Crippen LogP contribution is 2.11. The topological polar surface area (TPSA) is 191 Å². The zero-order valence-electron chi connectivity index (χ0n) is 35.7. The summed E-state index contributed by atoms with van der Waals surface area (Å²) in [5.41, 5.74) is 8.47. The molecule has 56 heavy (non-hydrogen) atoms. The molecule has 7 N–H and O–H groups in total. The Morgan fingerprint density at radius 3 is 1.62 bits per heavy atom. The molecule has 0 bridgehead atoms. The first kappa shape index (κ1) is 53.6. The summed E-state index contributed by atoms with van der Waals surface area (Å²) in [6.45, 7) is 8.02. The van der Waals surface area contributed by atoms with Crippen molar-refractivity contribution in [3.05, 3.63) is 0 Å². The highest BCUT2D eigenvalue weighted by molar-refractivity contribution is 5.88. The zero-order valence-corrected chi connectivity index (χ0v) is 35.7. The summed E-state index contributed by atoms with van der Waals surface area (Å²) in [5.74, 6) is -0.877. The molecular formula is C42H84N6O8. The van der Waals surface area contributed by atoms with Crippen LogP contribution in [-0.4, -0.2) is 109 Å². The average molecular weight is 801 g/mol. The van der Waals surface area contributed by atoms with Gasteiger partial charge in [0.15, 0.2) is 0 Å². The van der Waals surface area contributed by atoms with E-state index in [9.17, 15) is 19.2 Å². The van der Waals surface area contributed by atoms with Gasteiger partial charge in [-0.3, -0.25) is 24.0 Å². The van der Waals surface area contributed by atoms with Crippen LogP contribution in [0.25, 0.3) is 0 Å². The lowest BCUT2D eigenvalue weighted by Crippen LogP contribution is -2.48. The Kier molecular flexibility index (Phi) is 41.9. The monoisotopic (exact) mass is 801 g/mol. The molecule has 0 aliphatic carbocycles. The Hall–Kier alpha value is -2.36. The fourth-order valence-corrected chi connectivity index (χ4v) is 6.00. The van der Waals surface area contributed by atoms with Gasteiger partial charge in [-0.05, 0) is 32.1 Å². The number of hydrogen-bond donors (Lipinski definition) is 6. The maximum Gasteiger partial charge on any atom is 0.246 e. The smallest absolute Gasteiger partial charge is 0.246 e. The number of hydroxylamine groups is 1. The molecular weight excluding hydrogens is 716 g/mol. The lowest BCUT2D eigenvalue weighted by atomic mass is 10.1. The van der Waals surface area contributed by atoms with Gasteiger partial charge < -0.3 is 41.2 Å². The van der Waals surface area contributed by atoms with Crippen LogP contribution < -0.4 is 32.5 Å². The first-order valence-electron chi connectivity index (χ1n) is 22.3. The van der Waals surface area contributed by atoms with E-state index in [2.05, 4.69) is 40.6 Å². The third-order valence-corrected chi connectivity index (χ3v) is 9.32. The van der Waals surface area contributed by atoms with E-state index in [-0.39, 0.29) is 50.1 Å². The van der Waals surface area contributed by atoms with Gasteiger partial charge in [0.2, 0.25) is 23.6 Å². The van der Waals surface area contributed by atoms with E-state index >= 15 is 0 Å². The van der Waals surface area contributed by atoms with Gasteiger partial charge in [-0.1, -0.05) is 123 Å². The zero-order chi connectivity index (χ0) is 41.0. The molecule has 4 amide bonds. The Labute approximate surface area is 340 Å². The van der Waals surface area contributed by atoms with Crippen LogP contribution in [0.5, 0.6) is 0 Å². The highest BCUT2D eigenvalue weighted by atomic mass is 16.7. The quantitative estimate of drug-likeness (QED) is 0.0346. The summed E-state index contributed by atoms with van der Waals surface area (Å²) in [7, 11) is 0. The minimum atomic E-state index is -0.733. The first-order valence-corrected chi connectivity index (χ1v) is 22.3. The van der Waals surface area contributed by atoms with Crippen molar-refractivity contribution in [2.75, 3.05) is 79.0 Å². The fraction of sp³-hybridized carbons (Fsp3) is 0.905. The second-order valence-corrected chi connectivity index (χ2v) is 14.6. The summed E-state index contributed by atoms with van der Waals surface area (Å²) in [5, 5.41) is 11.2. The van der Waals surface area contributed by atoms with Gasteiger partial charge in [0, 0.05) is 39.1 Å². The minimum absolute atomic E-state index is 0.0592. The van der Waals surface area contributed by atoms with Crippen LogP contribution in [0.3, 0.4) is 0 Å². The lowest BCUT2D eigenvalue weighted by molar-refractivity contribution is -0.132. The number of carbonyl (C=O) groups is 4. The summed E-state index contributed by atoms with van der Waals surface area (Å²) in [4.78, 5) is 54.6. The molecule has 1 atom stereocenters. The molecule has 330 valence electrons. The molecule has 0 spiro atoms. The number of carbonyl (C=O) groups excluding carboxylic acids is 4. The summed E-state index contributed by atoms with van der Waals surface area (Å²) < 4.78 is 16.3. The molecule has 0 aliphatic rings. The Bertz CT molecular complexity index is 916. The Morgan fingerprint density at radius 1 is 0.482 bits per heavy atom. The van der Waals surface area contributed by atoms with Crippen molar-refractivity contribution in [3.8, 4) is 0 Å². The van der Waals surface area contributed by atoms with Crippen LogP contribution >= 0.6 is 0 Å². The van der Waals surface area contributed by atoms with Gasteiger partial charge in [0.05, 0.1) is 33.0 Å². The predicted molar refractivity (Wildman–Crippen MR) is 224 cm³/mol. The van der Waals surface area contributed by atoms with E-state index in [0.717, 1.165) is 25.8 Å². The number of nitrogens with two attached hydrogens (primary N) is 1. The van der Waals surface area contributed by atoms with Crippen molar-refractivity contribution in [2.24, 2.45) is 5.73 Å². The van der Waals surface area contributed by atoms with E-state index in [1.54, 1.807) is 0 Å². The lowest BCUT2D eigenvalue weighted by Gasteiger charge is -2.18. The number of unbranched alkanes of at least 4 members (excludes halogenated alkanes) is 18. The van der Waals surface area contributed by atoms with Gasteiger partial charge in [-0.25, -0.2) is 5.48 Å². The van der Waals surface area contributed by atoms with E-state index in [1.165, 1.54) is 103 Å². The van der Waals surface area contributed by atoms with Crippen LogP contribution in [0.4, 0.5) is 0 Å². The van der Waals surface area contributed by atoms with Crippen LogP contribution in [0.1, 0.15) is 162 Å². The molecule has 0 aromatic rings. The molecule has 0 rings (SSSR count). The van der Waals surface area contributed by atoms with Gasteiger partial charge in [0.1, 0.15) is 19.3 Å². The molecule has 0 aromatic heterocycles. The van der Waals surface area contributed by atoms with Crippen molar-refractivity contribution in [1.29, 1.82) is 0 Å². The van der Waals surface area contributed by atoms with Crippen LogP contribution in [-0.2, 0) is 38.2 Å². The molecule has 0 saturated heterocycles. The predicted octanol–water partition coefficient (Wildman–Crippen LogP) is 5.36. The Balaban J connectivity index is 3.84. The number of amides is 4. The maximum atomic E-state index is 12.6. The molecule has 0 aromatic carbocycles. The van der Waals surface area contributed by atoms with Crippen molar-refractivity contribution in [1.82, 2.24) is 26.7 Å². The first-order chi connectivity index (χ1) is 27.4. The van der Waals surface area contributed by atoms with Crippen molar-refractivity contribution in [3.63, 3.8) is 0 Å². The van der Waals surface area contributed by atoms with E-state index in [4.69, 9.17) is 24.8 Å². The summed E-state index contributed by atoms with van der Waals surface area (Å²) in [6, 6.07) is -0.733. The second kappa shape index (κ2) is 43.8. The van der Waals surface area contributed by atoms with Gasteiger partial charge in [-0.2, -0.15) is 0 Å². The molecule has 0 radical (unpaired) electrons. The molecule has 0 fully saturated rings. The van der Waals surface area contributed by atoms with E-state index in [1.807, 2.05) is 0 Å². The normalized spacial score (nSPS) is 11.7. The van der Waals surface area contributed by atoms with E-state index in [0.29, 0.717) is 71.7 Å². The number of ether oxygens (including phenoxy) is 3. The molecule has 14 heteroatoms. The molecule has 0 saturated carbocycles. The van der Waals surface area contributed by atoms with Crippen molar-refractivity contribution < 1.29 is 38.2 Å². The Morgan fingerprint density at radius 2 is 1.00 bits per heavy atom. The van der Waals surface area contributed by atoms with Gasteiger partial charge in [0.25, 0.3) is 0 Å². The SMILES string of the molecule is CCCCCCCCCCCCNOCCOCC(=O)NC(CCCCNC(=O)COCCOCCNC(=O)CCCCCCCCCCC)C(=O)NCCN. The number of rotatable bonds is 44. The highest BCUT2D eigenvalue weighted by Gasteiger charge is 2.20. The molecule has 0 heterocycles. The average Bonchev–Trinajstić information content (AvgIpc) is 3.19. The second-order valence-electron chi connectivity index (χ2n) is 14.6.